The number of likely N-dealkylation sites (tertiary alicyclic amines) is 1. The molecule has 24 heavy (non-hydrogen) atoms. The SMILES string of the molecule is CCNC(=NCC1CCCN(C)C1)NCCSc1ccc(Cl)cc1. The summed E-state index contributed by atoms with van der Waals surface area (Å²) in [6.45, 7) is 7.18. The summed E-state index contributed by atoms with van der Waals surface area (Å²) in [5.74, 6) is 2.61. The number of halogens is 1. The molecule has 1 aromatic rings. The van der Waals surface area contributed by atoms with Crippen LogP contribution in [0.1, 0.15) is 19.8 Å². The molecule has 2 rings (SSSR count). The van der Waals surface area contributed by atoms with Crippen molar-refractivity contribution < 1.29 is 0 Å². The molecule has 134 valence electrons. The van der Waals surface area contributed by atoms with E-state index >= 15 is 0 Å². The molecule has 0 radical (unpaired) electrons. The monoisotopic (exact) mass is 368 g/mol. The Hall–Kier alpha value is -0.910. The Morgan fingerprint density at radius 2 is 2.12 bits per heavy atom. The zero-order valence-electron chi connectivity index (χ0n) is 14.7. The zero-order chi connectivity index (χ0) is 17.2. The molecule has 1 aromatic carbocycles. The highest BCUT2D eigenvalue weighted by molar-refractivity contribution is 7.99. The van der Waals surface area contributed by atoms with Gasteiger partial charge >= 0.3 is 0 Å². The molecule has 1 heterocycles. The van der Waals surface area contributed by atoms with Crippen LogP contribution in [-0.4, -0.2) is 56.4 Å². The van der Waals surface area contributed by atoms with Gasteiger partial charge in [-0.15, -0.1) is 11.8 Å². The predicted octanol–water partition coefficient (Wildman–Crippen LogP) is 3.33. The first-order valence-corrected chi connectivity index (χ1v) is 10.1. The third-order valence-corrected chi connectivity index (χ3v) is 5.32. The lowest BCUT2D eigenvalue weighted by Crippen LogP contribution is -2.39. The first kappa shape index (κ1) is 19.4. The molecule has 0 saturated carbocycles. The van der Waals surface area contributed by atoms with Gasteiger partial charge in [-0.2, -0.15) is 0 Å². The molecule has 1 aliphatic heterocycles. The van der Waals surface area contributed by atoms with Gasteiger partial charge in [-0.3, -0.25) is 4.99 Å². The van der Waals surface area contributed by atoms with E-state index in [4.69, 9.17) is 16.6 Å². The second-order valence-corrected chi connectivity index (χ2v) is 7.82. The summed E-state index contributed by atoms with van der Waals surface area (Å²) in [6.07, 6.45) is 2.58. The van der Waals surface area contributed by atoms with Gasteiger partial charge in [0, 0.05) is 41.8 Å². The number of guanidine groups is 1. The topological polar surface area (TPSA) is 39.7 Å². The van der Waals surface area contributed by atoms with E-state index in [0.29, 0.717) is 5.92 Å². The van der Waals surface area contributed by atoms with Gasteiger partial charge < -0.3 is 15.5 Å². The van der Waals surface area contributed by atoms with Crippen molar-refractivity contribution in [1.29, 1.82) is 0 Å². The van der Waals surface area contributed by atoms with Crippen LogP contribution in [0.5, 0.6) is 0 Å². The fraction of sp³-hybridized carbons (Fsp3) is 0.611. The van der Waals surface area contributed by atoms with Crippen molar-refractivity contribution in [1.82, 2.24) is 15.5 Å². The van der Waals surface area contributed by atoms with Crippen molar-refractivity contribution in [2.24, 2.45) is 10.9 Å². The van der Waals surface area contributed by atoms with Gasteiger partial charge in [-0.25, -0.2) is 0 Å². The molecule has 1 unspecified atom stereocenters. The summed E-state index contributed by atoms with van der Waals surface area (Å²) >= 11 is 7.73. The fourth-order valence-corrected chi connectivity index (χ4v) is 3.75. The van der Waals surface area contributed by atoms with Crippen LogP contribution in [0, 0.1) is 5.92 Å². The number of benzene rings is 1. The van der Waals surface area contributed by atoms with Crippen LogP contribution in [0.3, 0.4) is 0 Å². The Labute approximate surface area is 155 Å². The minimum absolute atomic E-state index is 0.683. The molecule has 1 fully saturated rings. The van der Waals surface area contributed by atoms with E-state index < -0.39 is 0 Å². The lowest BCUT2D eigenvalue weighted by Gasteiger charge is -2.28. The van der Waals surface area contributed by atoms with Gasteiger partial charge in [0.15, 0.2) is 5.96 Å². The molecule has 1 atom stereocenters. The second kappa shape index (κ2) is 10.9. The molecule has 1 aliphatic rings. The van der Waals surface area contributed by atoms with Crippen molar-refractivity contribution in [3.8, 4) is 0 Å². The summed E-state index contributed by atoms with van der Waals surface area (Å²) < 4.78 is 0. The van der Waals surface area contributed by atoms with Gasteiger partial charge in [-0.05, 0) is 63.5 Å². The van der Waals surface area contributed by atoms with Gasteiger partial charge in [0.2, 0.25) is 0 Å². The maximum Gasteiger partial charge on any atom is 0.191 e. The summed E-state index contributed by atoms with van der Waals surface area (Å²) in [5.41, 5.74) is 0. The minimum Gasteiger partial charge on any atom is -0.357 e. The lowest BCUT2D eigenvalue weighted by molar-refractivity contribution is 0.214. The van der Waals surface area contributed by atoms with Crippen LogP contribution >= 0.6 is 23.4 Å². The third kappa shape index (κ3) is 7.32. The summed E-state index contributed by atoms with van der Waals surface area (Å²) in [6, 6.07) is 7.99. The van der Waals surface area contributed by atoms with Crippen molar-refractivity contribution in [3.63, 3.8) is 0 Å². The molecule has 0 amide bonds. The Morgan fingerprint density at radius 1 is 1.33 bits per heavy atom. The standard InChI is InChI=1S/C18H29ClN4S/c1-3-20-18(22-13-15-5-4-11-23(2)14-15)21-10-12-24-17-8-6-16(19)7-9-17/h6-9,15H,3-5,10-14H2,1-2H3,(H2,20,21,22). The Balaban J connectivity index is 1.71. The quantitative estimate of drug-likeness (QED) is 0.335. The maximum atomic E-state index is 5.91. The Kier molecular flexibility index (Phi) is 8.78. The molecular formula is C18H29ClN4S. The minimum atomic E-state index is 0.683. The van der Waals surface area contributed by atoms with Crippen LogP contribution < -0.4 is 10.6 Å². The molecule has 6 heteroatoms. The highest BCUT2D eigenvalue weighted by Crippen LogP contribution is 2.19. The number of hydrogen-bond acceptors (Lipinski definition) is 3. The van der Waals surface area contributed by atoms with E-state index in [-0.39, 0.29) is 0 Å². The van der Waals surface area contributed by atoms with E-state index in [1.54, 1.807) is 0 Å². The van der Waals surface area contributed by atoms with Crippen molar-refractivity contribution in [2.75, 3.05) is 45.5 Å². The van der Waals surface area contributed by atoms with Crippen molar-refractivity contribution in [2.45, 2.75) is 24.7 Å². The van der Waals surface area contributed by atoms with E-state index in [9.17, 15) is 0 Å². The van der Waals surface area contributed by atoms with Crippen molar-refractivity contribution in [3.05, 3.63) is 29.3 Å². The highest BCUT2D eigenvalue weighted by atomic mass is 35.5. The average Bonchev–Trinajstić information content (AvgIpc) is 2.58. The number of thioether (sulfide) groups is 1. The second-order valence-electron chi connectivity index (χ2n) is 6.22. The smallest absolute Gasteiger partial charge is 0.191 e. The van der Waals surface area contributed by atoms with E-state index in [0.717, 1.165) is 42.9 Å². The van der Waals surface area contributed by atoms with Crippen LogP contribution in [0.25, 0.3) is 0 Å². The average molecular weight is 369 g/mol. The molecule has 0 spiro atoms. The summed E-state index contributed by atoms with van der Waals surface area (Å²) in [7, 11) is 2.20. The van der Waals surface area contributed by atoms with Crippen LogP contribution in [0.4, 0.5) is 0 Å². The van der Waals surface area contributed by atoms with Gasteiger partial charge in [-0.1, -0.05) is 11.6 Å². The fourth-order valence-electron chi connectivity index (χ4n) is 2.85. The van der Waals surface area contributed by atoms with Crippen LogP contribution in [0.15, 0.2) is 34.2 Å². The number of hydrogen-bond donors (Lipinski definition) is 2. The predicted molar refractivity (Wildman–Crippen MR) is 106 cm³/mol. The van der Waals surface area contributed by atoms with Gasteiger partial charge in [0.25, 0.3) is 0 Å². The molecule has 4 nitrogen and oxygen atoms in total. The number of piperidine rings is 1. The number of aliphatic imine (C=N–C) groups is 1. The molecular weight excluding hydrogens is 340 g/mol. The van der Waals surface area contributed by atoms with Crippen molar-refractivity contribution >= 4 is 29.3 Å². The van der Waals surface area contributed by atoms with E-state index in [2.05, 4.69) is 41.6 Å². The third-order valence-electron chi connectivity index (χ3n) is 4.05. The first-order chi connectivity index (χ1) is 11.7. The molecule has 0 aromatic heterocycles. The van der Waals surface area contributed by atoms with E-state index in [1.165, 1.54) is 24.3 Å². The molecule has 2 N–H and O–H groups in total. The summed E-state index contributed by atoms with van der Waals surface area (Å²) in [5, 5.41) is 7.55. The molecule has 0 bridgehead atoms. The van der Waals surface area contributed by atoms with Gasteiger partial charge in [0.05, 0.1) is 0 Å². The first-order valence-electron chi connectivity index (χ1n) is 8.76. The number of nitrogens with zero attached hydrogens (tertiary/aromatic N) is 2. The van der Waals surface area contributed by atoms with Crippen LogP contribution in [0.2, 0.25) is 5.02 Å². The molecule has 1 saturated heterocycles. The number of rotatable bonds is 7. The van der Waals surface area contributed by atoms with E-state index in [1.807, 2.05) is 23.9 Å². The molecule has 0 aliphatic carbocycles. The highest BCUT2D eigenvalue weighted by Gasteiger charge is 2.16. The Bertz CT molecular complexity index is 506. The number of nitrogens with one attached hydrogen (secondary N) is 2. The van der Waals surface area contributed by atoms with Gasteiger partial charge in [0.1, 0.15) is 0 Å². The Morgan fingerprint density at radius 3 is 2.83 bits per heavy atom. The summed E-state index contributed by atoms with van der Waals surface area (Å²) in [4.78, 5) is 8.42. The lowest BCUT2D eigenvalue weighted by atomic mass is 9.99. The normalized spacial score (nSPS) is 19.3. The maximum absolute atomic E-state index is 5.91. The zero-order valence-corrected chi connectivity index (χ0v) is 16.3. The van der Waals surface area contributed by atoms with Crippen LogP contribution in [-0.2, 0) is 0 Å². The largest absolute Gasteiger partial charge is 0.357 e.